The number of carbonyl (C=O) groups excluding carboxylic acids is 1. The summed E-state index contributed by atoms with van der Waals surface area (Å²) in [5, 5.41) is 18.1. The van der Waals surface area contributed by atoms with Crippen molar-refractivity contribution in [2.75, 3.05) is 13.2 Å². The summed E-state index contributed by atoms with van der Waals surface area (Å²) in [5.74, 6) is -1.65. The van der Waals surface area contributed by atoms with Crippen LogP contribution in [0.25, 0.3) is 0 Å². The molecule has 1 saturated heterocycles. The van der Waals surface area contributed by atoms with Crippen LogP contribution in [0.2, 0.25) is 0 Å². The second-order valence-corrected chi connectivity index (χ2v) is 4.56. The fourth-order valence-electron chi connectivity index (χ4n) is 2.07. The van der Waals surface area contributed by atoms with E-state index >= 15 is 0 Å². The summed E-state index contributed by atoms with van der Waals surface area (Å²) in [5.41, 5.74) is 0. The number of amides is 1. The first-order valence-corrected chi connectivity index (χ1v) is 5.63. The number of carbonyl (C=O) groups is 2. The molecule has 1 fully saturated rings. The van der Waals surface area contributed by atoms with Crippen LogP contribution in [0.15, 0.2) is 0 Å². The Balaban J connectivity index is 2.75. The molecule has 2 N–H and O–H groups in total. The predicted octanol–water partition coefficient (Wildman–Crippen LogP) is 0.326. The Labute approximate surface area is 95.1 Å². The van der Waals surface area contributed by atoms with Gasteiger partial charge in [-0.2, -0.15) is 0 Å². The molecule has 1 unspecified atom stereocenters. The fraction of sp³-hybridized carbons (Fsp3) is 0.818. The van der Waals surface area contributed by atoms with Gasteiger partial charge in [-0.05, 0) is 18.8 Å². The maximum atomic E-state index is 12.0. The third-order valence-corrected chi connectivity index (χ3v) is 3.14. The Hall–Kier alpha value is -1.10. The lowest BCUT2D eigenvalue weighted by atomic mass is 9.95. The Bertz CT molecular complexity index is 277. The molecule has 1 amide bonds. The molecule has 0 bridgehead atoms. The van der Waals surface area contributed by atoms with Crippen LogP contribution in [0.5, 0.6) is 0 Å². The number of hydrogen-bond donors (Lipinski definition) is 2. The number of aliphatic hydroxyl groups excluding tert-OH is 1. The van der Waals surface area contributed by atoms with Crippen LogP contribution in [-0.2, 0) is 9.59 Å². The fourth-order valence-corrected chi connectivity index (χ4v) is 2.07. The van der Waals surface area contributed by atoms with Crippen LogP contribution in [0.3, 0.4) is 0 Å². The van der Waals surface area contributed by atoms with Crippen LogP contribution in [0.4, 0.5) is 0 Å². The Kier molecular flexibility index (Phi) is 4.29. The normalized spacial score (nSPS) is 22.5. The van der Waals surface area contributed by atoms with Crippen molar-refractivity contribution < 1.29 is 19.8 Å². The van der Waals surface area contributed by atoms with Crippen LogP contribution in [0.1, 0.15) is 26.7 Å². The number of hydrogen-bond acceptors (Lipinski definition) is 3. The standard InChI is InChI=1S/C11H19NO4/c1-7(2)8(6-13)10(14)12-5-3-4-9(12)11(15)16/h7-9,13H,3-6H2,1-2H3,(H,15,16)/t8?,9-/m0/s1. The lowest BCUT2D eigenvalue weighted by Crippen LogP contribution is -2.45. The van der Waals surface area contributed by atoms with Gasteiger partial charge in [0.2, 0.25) is 5.91 Å². The van der Waals surface area contributed by atoms with Gasteiger partial charge in [0, 0.05) is 6.54 Å². The van der Waals surface area contributed by atoms with Crippen LogP contribution < -0.4 is 0 Å². The highest BCUT2D eigenvalue weighted by atomic mass is 16.4. The number of nitrogens with zero attached hydrogens (tertiary/aromatic N) is 1. The van der Waals surface area contributed by atoms with E-state index in [1.807, 2.05) is 13.8 Å². The molecule has 2 atom stereocenters. The maximum absolute atomic E-state index is 12.0. The smallest absolute Gasteiger partial charge is 0.326 e. The number of aliphatic hydroxyl groups is 1. The van der Waals surface area contributed by atoms with Crippen molar-refractivity contribution in [3.05, 3.63) is 0 Å². The average Bonchev–Trinajstić information content (AvgIpc) is 2.65. The zero-order valence-electron chi connectivity index (χ0n) is 9.72. The summed E-state index contributed by atoms with van der Waals surface area (Å²) in [4.78, 5) is 24.4. The van der Waals surface area contributed by atoms with E-state index in [1.54, 1.807) is 0 Å². The van der Waals surface area contributed by atoms with Gasteiger partial charge in [-0.1, -0.05) is 13.8 Å². The summed E-state index contributed by atoms with van der Waals surface area (Å²) in [6.07, 6.45) is 1.23. The third kappa shape index (κ3) is 2.52. The number of rotatable bonds is 4. The zero-order valence-corrected chi connectivity index (χ0v) is 9.72. The van der Waals surface area contributed by atoms with Gasteiger partial charge in [-0.25, -0.2) is 4.79 Å². The van der Waals surface area contributed by atoms with Gasteiger partial charge in [-0.15, -0.1) is 0 Å². The molecule has 1 aliphatic rings. The minimum absolute atomic E-state index is 0.0209. The zero-order chi connectivity index (χ0) is 12.3. The van der Waals surface area contributed by atoms with Crippen molar-refractivity contribution in [3.8, 4) is 0 Å². The molecule has 5 nitrogen and oxygen atoms in total. The molecule has 0 radical (unpaired) electrons. The summed E-state index contributed by atoms with van der Waals surface area (Å²) in [6.45, 7) is 3.97. The molecule has 5 heteroatoms. The molecule has 0 aromatic rings. The Morgan fingerprint density at radius 3 is 2.50 bits per heavy atom. The highest BCUT2D eigenvalue weighted by Crippen LogP contribution is 2.22. The van der Waals surface area contributed by atoms with Crippen molar-refractivity contribution in [1.29, 1.82) is 0 Å². The summed E-state index contributed by atoms with van der Waals surface area (Å²) in [7, 11) is 0. The topological polar surface area (TPSA) is 77.8 Å². The molecule has 1 aliphatic heterocycles. The second kappa shape index (κ2) is 5.30. The lowest BCUT2D eigenvalue weighted by Gasteiger charge is -2.27. The van der Waals surface area contributed by atoms with Gasteiger partial charge >= 0.3 is 5.97 Å². The van der Waals surface area contributed by atoms with E-state index < -0.39 is 17.9 Å². The molecule has 0 aromatic heterocycles. The van der Waals surface area contributed by atoms with E-state index in [-0.39, 0.29) is 18.4 Å². The van der Waals surface area contributed by atoms with E-state index in [0.717, 1.165) is 6.42 Å². The van der Waals surface area contributed by atoms with E-state index in [9.17, 15) is 9.59 Å². The van der Waals surface area contributed by atoms with Gasteiger partial charge in [0.1, 0.15) is 6.04 Å². The van der Waals surface area contributed by atoms with Gasteiger partial charge in [0.05, 0.1) is 12.5 Å². The molecule has 92 valence electrons. The minimum atomic E-state index is -0.953. The van der Waals surface area contributed by atoms with Crippen molar-refractivity contribution >= 4 is 11.9 Å². The summed E-state index contributed by atoms with van der Waals surface area (Å²) >= 11 is 0. The first-order chi connectivity index (χ1) is 7.49. The van der Waals surface area contributed by atoms with Crippen molar-refractivity contribution in [3.63, 3.8) is 0 Å². The van der Waals surface area contributed by atoms with Crippen LogP contribution >= 0.6 is 0 Å². The number of carboxylic acid groups (broad SMARTS) is 1. The summed E-state index contributed by atoms with van der Waals surface area (Å²) < 4.78 is 0. The molecule has 0 saturated carbocycles. The molecule has 0 aliphatic carbocycles. The van der Waals surface area contributed by atoms with Gasteiger partial charge in [-0.3, -0.25) is 4.79 Å². The minimum Gasteiger partial charge on any atom is -0.480 e. The molecule has 1 heterocycles. The third-order valence-electron chi connectivity index (χ3n) is 3.14. The highest BCUT2D eigenvalue weighted by molar-refractivity contribution is 5.85. The molecule has 0 aromatic carbocycles. The van der Waals surface area contributed by atoms with E-state index in [4.69, 9.17) is 10.2 Å². The van der Waals surface area contributed by atoms with Crippen LogP contribution in [0, 0.1) is 11.8 Å². The van der Waals surface area contributed by atoms with E-state index in [1.165, 1.54) is 4.90 Å². The van der Waals surface area contributed by atoms with E-state index in [0.29, 0.717) is 13.0 Å². The Morgan fingerprint density at radius 2 is 2.06 bits per heavy atom. The monoisotopic (exact) mass is 229 g/mol. The van der Waals surface area contributed by atoms with Gasteiger partial charge in [0.15, 0.2) is 0 Å². The van der Waals surface area contributed by atoms with E-state index in [2.05, 4.69) is 0 Å². The molecular weight excluding hydrogens is 210 g/mol. The van der Waals surface area contributed by atoms with Crippen molar-refractivity contribution in [1.82, 2.24) is 4.90 Å². The molecule has 16 heavy (non-hydrogen) atoms. The summed E-state index contributed by atoms with van der Waals surface area (Å²) in [6, 6.07) is -0.708. The van der Waals surface area contributed by atoms with Crippen molar-refractivity contribution in [2.24, 2.45) is 11.8 Å². The highest BCUT2D eigenvalue weighted by Gasteiger charge is 2.37. The van der Waals surface area contributed by atoms with Gasteiger partial charge < -0.3 is 15.1 Å². The van der Waals surface area contributed by atoms with Crippen molar-refractivity contribution in [2.45, 2.75) is 32.7 Å². The lowest BCUT2D eigenvalue weighted by molar-refractivity contribution is -0.151. The van der Waals surface area contributed by atoms with Crippen LogP contribution in [-0.4, -0.2) is 46.2 Å². The maximum Gasteiger partial charge on any atom is 0.326 e. The number of aliphatic carboxylic acids is 1. The predicted molar refractivity (Wildman–Crippen MR) is 57.8 cm³/mol. The molecule has 1 rings (SSSR count). The average molecular weight is 229 g/mol. The largest absolute Gasteiger partial charge is 0.480 e. The quantitative estimate of drug-likeness (QED) is 0.728. The first-order valence-electron chi connectivity index (χ1n) is 5.63. The number of carboxylic acids is 1. The second-order valence-electron chi connectivity index (χ2n) is 4.56. The van der Waals surface area contributed by atoms with Gasteiger partial charge in [0.25, 0.3) is 0 Å². The Morgan fingerprint density at radius 1 is 1.44 bits per heavy atom. The molecular formula is C11H19NO4. The SMILES string of the molecule is CC(C)C(CO)C(=O)N1CCC[C@H]1C(=O)O. The number of likely N-dealkylation sites (tertiary alicyclic amines) is 1. The first kappa shape index (κ1) is 13.0. The molecule has 0 spiro atoms.